The molecule has 2 atom stereocenters. The normalized spacial score (nSPS) is 17.0. The Hall–Kier alpha value is -4.06. The van der Waals surface area contributed by atoms with Gasteiger partial charge in [0.05, 0.1) is 13.2 Å². The summed E-state index contributed by atoms with van der Waals surface area (Å²) in [6.45, 7) is 8.40. The Morgan fingerprint density at radius 2 is 0.952 bits per heavy atom. The molecule has 2 heterocycles. The van der Waals surface area contributed by atoms with Crippen LogP contribution in [0.25, 0.3) is 21.5 Å². The summed E-state index contributed by atoms with van der Waals surface area (Å²) in [6, 6.07) is 21.1. The zero-order valence-corrected chi connectivity index (χ0v) is 25.1. The van der Waals surface area contributed by atoms with E-state index in [1.54, 1.807) is 13.8 Å². The van der Waals surface area contributed by atoms with E-state index < -0.39 is 24.3 Å². The van der Waals surface area contributed by atoms with Gasteiger partial charge in [0, 0.05) is 0 Å². The zero-order chi connectivity index (χ0) is 29.4. The Kier molecular flexibility index (Phi) is 7.80. The fourth-order valence-corrected chi connectivity index (χ4v) is 6.66. The van der Waals surface area contributed by atoms with Crippen LogP contribution in [0.4, 0.5) is 9.59 Å². The van der Waals surface area contributed by atoms with E-state index in [1.165, 1.54) is 21.1 Å². The van der Waals surface area contributed by atoms with Crippen LogP contribution in [0.15, 0.2) is 60.7 Å². The number of carbonyl (C=O) groups excluding carboxylic acids is 2. The Morgan fingerprint density at radius 1 is 0.571 bits per heavy atom. The average Bonchev–Trinajstić information content (AvgIpc) is 3.00. The molecule has 4 aromatic carbocycles. The van der Waals surface area contributed by atoms with Crippen LogP contribution < -0.4 is 0 Å². The first-order valence-electron chi connectivity index (χ1n) is 15.5. The van der Waals surface area contributed by atoms with Gasteiger partial charge < -0.3 is 9.47 Å². The van der Waals surface area contributed by atoms with E-state index in [0.717, 1.165) is 82.3 Å². The molecule has 218 valence electrons. The Morgan fingerprint density at radius 3 is 1.31 bits per heavy atom. The van der Waals surface area contributed by atoms with Gasteiger partial charge in [-0.05, 0) is 119 Å². The van der Waals surface area contributed by atoms with Crippen LogP contribution in [0.2, 0.25) is 0 Å². The Bertz CT molecular complexity index is 1540. The number of rotatable bonds is 8. The standard InChI is InChI=1S/C36H40N2O4/c1-5-9-11-23-13-15-25-19-29-31(21-27(25)17-23)33-30-20-26-16-14-24(12-10-6-2)18-28(26)22-32(30)34(29)38(36(40)42-8-4)37(33)35(39)41-7-3/h13-22,33-34H,5-12H2,1-4H3. The molecular weight excluding hydrogens is 524 g/mol. The number of fused-ring (bicyclic) bond motifs is 3. The number of carbonyl (C=O) groups is 2. The number of ether oxygens (including phenoxy) is 2. The van der Waals surface area contributed by atoms with Crippen molar-refractivity contribution in [1.82, 2.24) is 10.0 Å². The first-order chi connectivity index (χ1) is 20.5. The van der Waals surface area contributed by atoms with Crippen molar-refractivity contribution < 1.29 is 19.1 Å². The fraction of sp³-hybridized carbons (Fsp3) is 0.389. The molecule has 42 heavy (non-hydrogen) atoms. The monoisotopic (exact) mass is 564 g/mol. The van der Waals surface area contributed by atoms with Crippen LogP contribution in [0.1, 0.15) is 98.8 Å². The number of benzene rings is 4. The maximum absolute atomic E-state index is 13.6. The highest BCUT2D eigenvalue weighted by Crippen LogP contribution is 2.54. The highest BCUT2D eigenvalue weighted by Gasteiger charge is 2.53. The maximum Gasteiger partial charge on any atom is 0.429 e. The lowest BCUT2D eigenvalue weighted by molar-refractivity contribution is -0.0708. The molecule has 6 nitrogen and oxygen atoms in total. The van der Waals surface area contributed by atoms with Gasteiger partial charge in [-0.1, -0.05) is 63.1 Å². The van der Waals surface area contributed by atoms with Gasteiger partial charge in [-0.15, -0.1) is 0 Å². The van der Waals surface area contributed by atoms with Gasteiger partial charge in [0.2, 0.25) is 0 Å². The predicted octanol–water partition coefficient (Wildman–Crippen LogP) is 9.02. The molecule has 3 aliphatic rings. The van der Waals surface area contributed by atoms with E-state index >= 15 is 0 Å². The molecule has 0 spiro atoms. The Balaban J connectivity index is 1.58. The van der Waals surface area contributed by atoms with Crippen LogP contribution >= 0.6 is 0 Å². The molecule has 4 aromatic rings. The summed E-state index contributed by atoms with van der Waals surface area (Å²) < 4.78 is 11.1. The summed E-state index contributed by atoms with van der Waals surface area (Å²) in [5.41, 5.74) is 6.73. The van der Waals surface area contributed by atoms with Crippen molar-refractivity contribution in [1.29, 1.82) is 0 Å². The number of hydrogen-bond donors (Lipinski definition) is 0. The fourth-order valence-electron chi connectivity index (χ4n) is 6.66. The third-order valence-corrected chi connectivity index (χ3v) is 8.66. The molecule has 0 saturated heterocycles. The van der Waals surface area contributed by atoms with Gasteiger partial charge in [0.15, 0.2) is 0 Å². The van der Waals surface area contributed by atoms with Crippen molar-refractivity contribution in [2.24, 2.45) is 0 Å². The molecule has 7 rings (SSSR count). The van der Waals surface area contributed by atoms with Crippen molar-refractivity contribution in [3.63, 3.8) is 0 Å². The van der Waals surface area contributed by atoms with Gasteiger partial charge in [0.25, 0.3) is 0 Å². The van der Waals surface area contributed by atoms with E-state index in [4.69, 9.17) is 9.47 Å². The summed E-state index contributed by atoms with van der Waals surface area (Å²) >= 11 is 0. The lowest BCUT2D eigenvalue weighted by Gasteiger charge is -2.53. The zero-order valence-electron chi connectivity index (χ0n) is 25.1. The Labute approximate surface area is 248 Å². The summed E-state index contributed by atoms with van der Waals surface area (Å²) in [5, 5.41) is 7.51. The molecule has 6 heteroatoms. The van der Waals surface area contributed by atoms with Crippen LogP contribution in [-0.2, 0) is 22.3 Å². The molecule has 0 aromatic heterocycles. The second-order valence-electron chi connectivity index (χ2n) is 11.4. The van der Waals surface area contributed by atoms with Gasteiger partial charge in [-0.2, -0.15) is 0 Å². The number of nitrogens with zero attached hydrogens (tertiary/aromatic N) is 2. The van der Waals surface area contributed by atoms with Crippen molar-refractivity contribution in [2.45, 2.75) is 78.3 Å². The maximum atomic E-state index is 13.6. The molecule has 2 unspecified atom stereocenters. The van der Waals surface area contributed by atoms with Crippen LogP contribution in [0.3, 0.4) is 0 Å². The largest absolute Gasteiger partial charge is 0.448 e. The molecule has 0 N–H and O–H groups in total. The summed E-state index contributed by atoms with van der Waals surface area (Å²) in [4.78, 5) is 27.3. The molecule has 0 fully saturated rings. The number of amides is 2. The van der Waals surface area contributed by atoms with E-state index in [2.05, 4.69) is 74.5 Å². The molecular formula is C36H40N2O4. The average molecular weight is 565 g/mol. The second kappa shape index (κ2) is 11.7. The van der Waals surface area contributed by atoms with E-state index in [0.29, 0.717) is 0 Å². The number of hydrazine groups is 1. The number of unbranched alkanes of at least 4 members (excludes halogenated alkanes) is 2. The third-order valence-electron chi connectivity index (χ3n) is 8.66. The number of aryl methyl sites for hydroxylation is 2. The van der Waals surface area contributed by atoms with Crippen LogP contribution in [0.5, 0.6) is 0 Å². The predicted molar refractivity (Wildman–Crippen MR) is 167 cm³/mol. The summed E-state index contributed by atoms with van der Waals surface area (Å²) in [6.07, 6.45) is 5.56. The molecule has 0 radical (unpaired) electrons. The highest BCUT2D eigenvalue weighted by atomic mass is 16.6. The van der Waals surface area contributed by atoms with E-state index in [-0.39, 0.29) is 13.2 Å². The topological polar surface area (TPSA) is 59.1 Å². The van der Waals surface area contributed by atoms with Gasteiger partial charge in [-0.25, -0.2) is 19.6 Å². The third kappa shape index (κ3) is 4.77. The van der Waals surface area contributed by atoms with Crippen molar-refractivity contribution >= 4 is 33.7 Å². The molecule has 1 aliphatic carbocycles. The number of hydrogen-bond acceptors (Lipinski definition) is 4. The minimum atomic E-state index is -0.552. The first kappa shape index (κ1) is 28.1. The van der Waals surface area contributed by atoms with Crippen LogP contribution in [0, 0.1) is 0 Å². The summed E-state index contributed by atoms with van der Waals surface area (Å²) in [5.74, 6) is 0. The van der Waals surface area contributed by atoms with Crippen molar-refractivity contribution in [3.8, 4) is 0 Å². The molecule has 2 aliphatic heterocycles. The second-order valence-corrected chi connectivity index (χ2v) is 11.4. The molecule has 2 amide bonds. The molecule has 0 saturated carbocycles. The summed E-state index contributed by atoms with van der Waals surface area (Å²) in [7, 11) is 0. The minimum Gasteiger partial charge on any atom is -0.448 e. The van der Waals surface area contributed by atoms with Crippen molar-refractivity contribution in [3.05, 3.63) is 94.0 Å². The first-order valence-corrected chi connectivity index (χ1v) is 15.5. The van der Waals surface area contributed by atoms with E-state index in [1.807, 2.05) is 0 Å². The van der Waals surface area contributed by atoms with Crippen LogP contribution in [-0.4, -0.2) is 35.4 Å². The lowest BCUT2D eigenvalue weighted by atomic mass is 9.74. The van der Waals surface area contributed by atoms with Crippen molar-refractivity contribution in [2.75, 3.05) is 13.2 Å². The van der Waals surface area contributed by atoms with Gasteiger partial charge in [-0.3, -0.25) is 0 Å². The van der Waals surface area contributed by atoms with Gasteiger partial charge in [0.1, 0.15) is 12.1 Å². The van der Waals surface area contributed by atoms with E-state index in [9.17, 15) is 9.59 Å². The highest BCUT2D eigenvalue weighted by molar-refractivity contribution is 5.91. The molecule has 2 bridgehead atoms. The smallest absolute Gasteiger partial charge is 0.429 e. The quantitative estimate of drug-likeness (QED) is 0.214. The lowest BCUT2D eigenvalue weighted by Crippen LogP contribution is -2.59. The SMILES string of the molecule is CCCCc1ccc2cc3c(cc2c1)C1c2cc4ccc(CCCC)cc4cc2C3N(C(=O)OCC)N1C(=O)OCC. The van der Waals surface area contributed by atoms with Gasteiger partial charge >= 0.3 is 12.2 Å². The minimum absolute atomic E-state index is 0.208.